The Morgan fingerprint density at radius 2 is 1.68 bits per heavy atom. The number of fused-ring (bicyclic) bond motifs is 2. The summed E-state index contributed by atoms with van der Waals surface area (Å²) in [7, 11) is 0. The molecule has 0 spiro atoms. The Hall–Kier alpha value is -3.71. The number of aromatic amines is 1. The number of amides is 2. The van der Waals surface area contributed by atoms with E-state index in [1.54, 1.807) is 12.3 Å². The molecule has 0 aliphatic carbocycles. The molecule has 5 rings (SSSR count). The van der Waals surface area contributed by atoms with Crippen molar-refractivity contribution in [3.63, 3.8) is 0 Å². The molecular weight excluding hydrogens is 431 g/mol. The van der Waals surface area contributed by atoms with Crippen LogP contribution in [-0.2, 0) is 16.1 Å². The van der Waals surface area contributed by atoms with Gasteiger partial charge in [-0.2, -0.15) is 0 Å². The highest BCUT2D eigenvalue weighted by molar-refractivity contribution is 6.50. The fourth-order valence-electron chi connectivity index (χ4n) is 4.90. The lowest BCUT2D eigenvalue weighted by Gasteiger charge is -2.18. The van der Waals surface area contributed by atoms with Crippen LogP contribution in [0.2, 0.25) is 0 Å². The Morgan fingerprint density at radius 3 is 2.44 bits per heavy atom. The molecule has 0 radical (unpaired) electrons. The molecule has 6 nitrogen and oxygen atoms in total. The Kier molecular flexibility index (Phi) is 5.79. The van der Waals surface area contributed by atoms with Crippen molar-refractivity contribution in [2.45, 2.75) is 26.8 Å². The average Bonchev–Trinajstić information content (AvgIpc) is 3.49. The monoisotopic (exact) mass is 458 g/mol. The summed E-state index contributed by atoms with van der Waals surface area (Å²) in [6, 6.07) is 12.3. The maximum atomic E-state index is 14.2. The van der Waals surface area contributed by atoms with Gasteiger partial charge in [-0.1, -0.05) is 32.0 Å². The third kappa shape index (κ3) is 3.72. The lowest BCUT2D eigenvalue weighted by atomic mass is 9.95. The third-order valence-electron chi connectivity index (χ3n) is 6.67. The van der Waals surface area contributed by atoms with Gasteiger partial charge in [0.25, 0.3) is 11.8 Å². The fraction of sp³-hybridized carbons (Fsp3) is 0.259. The van der Waals surface area contributed by atoms with Gasteiger partial charge in [0.05, 0.1) is 16.7 Å². The van der Waals surface area contributed by atoms with Gasteiger partial charge in [0, 0.05) is 46.4 Å². The molecule has 1 aliphatic rings. The Bertz CT molecular complexity index is 1440. The van der Waals surface area contributed by atoms with Crippen LogP contribution in [0, 0.1) is 5.82 Å². The minimum absolute atomic E-state index is 0.328. The van der Waals surface area contributed by atoms with E-state index in [1.807, 2.05) is 35.0 Å². The van der Waals surface area contributed by atoms with Gasteiger partial charge in [-0.05, 0) is 50.3 Å². The van der Waals surface area contributed by atoms with Crippen molar-refractivity contribution in [1.82, 2.24) is 19.8 Å². The molecule has 0 bridgehead atoms. The third-order valence-corrected chi connectivity index (χ3v) is 6.67. The normalized spacial score (nSPS) is 14.2. The molecule has 4 aromatic rings. The van der Waals surface area contributed by atoms with E-state index in [9.17, 15) is 14.0 Å². The van der Waals surface area contributed by atoms with Gasteiger partial charge in [-0.15, -0.1) is 0 Å². The molecule has 2 N–H and O–H groups in total. The van der Waals surface area contributed by atoms with Crippen LogP contribution in [0.25, 0.3) is 33.0 Å². The second-order valence-electron chi connectivity index (χ2n) is 8.56. The number of carbonyl (C=O) groups is 2. The second kappa shape index (κ2) is 8.91. The number of para-hydroxylation sites is 1. The maximum absolute atomic E-state index is 14.2. The van der Waals surface area contributed by atoms with E-state index in [4.69, 9.17) is 0 Å². The van der Waals surface area contributed by atoms with Crippen molar-refractivity contribution in [3.05, 3.63) is 71.8 Å². The fourth-order valence-corrected chi connectivity index (χ4v) is 4.90. The summed E-state index contributed by atoms with van der Waals surface area (Å²) >= 11 is 0. The maximum Gasteiger partial charge on any atom is 0.259 e. The van der Waals surface area contributed by atoms with Crippen molar-refractivity contribution in [3.8, 4) is 0 Å². The topological polar surface area (TPSA) is 70.1 Å². The van der Waals surface area contributed by atoms with Gasteiger partial charge in [0.15, 0.2) is 0 Å². The summed E-state index contributed by atoms with van der Waals surface area (Å²) in [6.45, 7) is 7.84. The highest BCUT2D eigenvalue weighted by Gasteiger charge is 2.35. The van der Waals surface area contributed by atoms with Gasteiger partial charge in [0.2, 0.25) is 0 Å². The Labute approximate surface area is 197 Å². The molecule has 2 amide bonds. The molecule has 0 atom stereocenters. The number of hydrogen-bond donors (Lipinski definition) is 2. The summed E-state index contributed by atoms with van der Waals surface area (Å²) in [5.74, 6) is -1.19. The Balaban J connectivity index is 1.65. The number of benzene rings is 2. The second-order valence-corrected chi connectivity index (χ2v) is 8.56. The molecule has 7 heteroatoms. The summed E-state index contributed by atoms with van der Waals surface area (Å²) in [5, 5.41) is 4.09. The van der Waals surface area contributed by atoms with Crippen LogP contribution in [0.5, 0.6) is 0 Å². The molecular formula is C27H27FN4O2. The quantitative estimate of drug-likeness (QED) is 0.380. The lowest BCUT2D eigenvalue weighted by molar-refractivity contribution is -0.122. The van der Waals surface area contributed by atoms with Gasteiger partial charge >= 0.3 is 0 Å². The zero-order chi connectivity index (χ0) is 23.8. The van der Waals surface area contributed by atoms with E-state index < -0.39 is 11.8 Å². The first-order valence-electron chi connectivity index (χ1n) is 11.7. The first-order valence-corrected chi connectivity index (χ1v) is 11.7. The number of nitrogens with zero attached hydrogens (tertiary/aromatic N) is 2. The van der Waals surface area contributed by atoms with Crippen molar-refractivity contribution >= 4 is 44.8 Å². The summed E-state index contributed by atoms with van der Waals surface area (Å²) < 4.78 is 16.2. The largest absolute Gasteiger partial charge is 0.361 e. The zero-order valence-corrected chi connectivity index (χ0v) is 19.3. The van der Waals surface area contributed by atoms with E-state index in [1.165, 1.54) is 12.1 Å². The molecule has 0 fully saturated rings. The first-order chi connectivity index (χ1) is 16.5. The summed E-state index contributed by atoms with van der Waals surface area (Å²) in [5.41, 5.74) is 3.59. The Morgan fingerprint density at radius 1 is 0.941 bits per heavy atom. The number of hydrogen-bond acceptors (Lipinski definition) is 3. The zero-order valence-electron chi connectivity index (χ0n) is 19.3. The van der Waals surface area contributed by atoms with Crippen LogP contribution < -0.4 is 5.32 Å². The van der Waals surface area contributed by atoms with Gasteiger partial charge in [0.1, 0.15) is 5.82 Å². The van der Waals surface area contributed by atoms with Crippen LogP contribution in [0.15, 0.2) is 54.9 Å². The minimum atomic E-state index is -0.434. The predicted molar refractivity (Wildman–Crippen MR) is 133 cm³/mol. The number of imide groups is 1. The summed E-state index contributed by atoms with van der Waals surface area (Å²) in [4.78, 5) is 31.5. The van der Waals surface area contributed by atoms with Crippen molar-refractivity contribution < 1.29 is 14.0 Å². The van der Waals surface area contributed by atoms with Crippen LogP contribution >= 0.6 is 0 Å². The van der Waals surface area contributed by atoms with Gasteiger partial charge in [-0.25, -0.2) is 4.39 Å². The van der Waals surface area contributed by atoms with E-state index in [0.717, 1.165) is 42.3 Å². The van der Waals surface area contributed by atoms with Crippen LogP contribution in [-0.4, -0.2) is 45.9 Å². The highest BCUT2D eigenvalue weighted by Crippen LogP contribution is 2.38. The average molecular weight is 459 g/mol. The van der Waals surface area contributed by atoms with E-state index in [2.05, 4.69) is 29.0 Å². The SMILES string of the molecule is CCN(CC)CCCn1cc(C2=C(c3c[nH]c4ccccc34)C(=O)NC2=O)c2ccc(F)cc21. The number of aromatic nitrogens is 2. The van der Waals surface area contributed by atoms with Crippen LogP contribution in [0.3, 0.4) is 0 Å². The minimum Gasteiger partial charge on any atom is -0.361 e. The molecule has 0 saturated heterocycles. The van der Waals surface area contributed by atoms with Gasteiger partial charge < -0.3 is 14.5 Å². The van der Waals surface area contributed by atoms with Crippen LogP contribution in [0.1, 0.15) is 31.4 Å². The number of H-pyrrole nitrogens is 1. The number of aryl methyl sites for hydroxylation is 1. The standard InChI is InChI=1S/C27H27FN4O2/c1-3-31(4-2)12-7-13-32-16-21(19-11-10-17(28)14-23(19)32)25-24(26(33)30-27(25)34)20-15-29-22-9-6-5-8-18(20)22/h5-6,8-11,14-16,29H,3-4,7,12-13H2,1-2H3,(H,30,33,34). The molecule has 34 heavy (non-hydrogen) atoms. The van der Waals surface area contributed by atoms with E-state index in [-0.39, 0.29) is 5.82 Å². The predicted octanol–water partition coefficient (Wildman–Crippen LogP) is 4.56. The lowest BCUT2D eigenvalue weighted by Crippen LogP contribution is -2.24. The van der Waals surface area contributed by atoms with Crippen molar-refractivity contribution in [2.75, 3.05) is 19.6 Å². The number of halogens is 1. The smallest absolute Gasteiger partial charge is 0.259 e. The molecule has 0 saturated carbocycles. The van der Waals surface area contributed by atoms with E-state index in [0.29, 0.717) is 34.3 Å². The number of rotatable bonds is 8. The molecule has 2 aromatic heterocycles. The molecule has 0 unspecified atom stereocenters. The van der Waals surface area contributed by atoms with Crippen molar-refractivity contribution in [1.29, 1.82) is 0 Å². The molecule has 1 aliphatic heterocycles. The summed E-state index contributed by atoms with van der Waals surface area (Å²) in [6.07, 6.45) is 4.54. The molecule has 174 valence electrons. The van der Waals surface area contributed by atoms with Crippen molar-refractivity contribution in [2.24, 2.45) is 0 Å². The van der Waals surface area contributed by atoms with Crippen LogP contribution in [0.4, 0.5) is 4.39 Å². The highest BCUT2D eigenvalue weighted by atomic mass is 19.1. The molecule has 2 aromatic carbocycles. The number of nitrogens with one attached hydrogen (secondary N) is 2. The van der Waals surface area contributed by atoms with E-state index >= 15 is 0 Å². The first kappa shape index (κ1) is 22.1. The number of carbonyl (C=O) groups excluding carboxylic acids is 2. The molecule has 3 heterocycles. The van der Waals surface area contributed by atoms with Gasteiger partial charge in [-0.3, -0.25) is 14.9 Å².